The van der Waals surface area contributed by atoms with Crippen LogP contribution < -0.4 is 10.6 Å². The van der Waals surface area contributed by atoms with Crippen molar-refractivity contribution in [2.45, 2.75) is 64.5 Å². The van der Waals surface area contributed by atoms with E-state index in [0.29, 0.717) is 25.3 Å². The van der Waals surface area contributed by atoms with Crippen molar-refractivity contribution < 1.29 is 19.1 Å². The molecule has 2 N–H and O–H groups in total. The Hall–Kier alpha value is -1.92. The zero-order valence-corrected chi connectivity index (χ0v) is 17.5. The summed E-state index contributed by atoms with van der Waals surface area (Å²) in [4.78, 5) is 24.5. The number of rotatable bonds is 9. The molecule has 0 radical (unpaired) electrons. The summed E-state index contributed by atoms with van der Waals surface area (Å²) < 4.78 is 11.1. The lowest BCUT2D eigenvalue weighted by Gasteiger charge is -2.19. The Labute approximate surface area is 168 Å². The SMILES string of the molecule is CC(NC(=O)c1ccc(C(C)(C)C)cc1)C(=O)NCCCOCC1CCCO1. The van der Waals surface area contributed by atoms with E-state index in [1.807, 2.05) is 12.1 Å². The van der Waals surface area contributed by atoms with E-state index in [0.717, 1.165) is 31.4 Å². The highest BCUT2D eigenvalue weighted by molar-refractivity contribution is 5.97. The van der Waals surface area contributed by atoms with Crippen molar-refractivity contribution in [2.75, 3.05) is 26.4 Å². The highest BCUT2D eigenvalue weighted by atomic mass is 16.5. The maximum atomic E-state index is 12.3. The van der Waals surface area contributed by atoms with Crippen molar-refractivity contribution in [3.63, 3.8) is 0 Å². The smallest absolute Gasteiger partial charge is 0.251 e. The van der Waals surface area contributed by atoms with Crippen LogP contribution in [0, 0.1) is 0 Å². The van der Waals surface area contributed by atoms with E-state index in [1.165, 1.54) is 0 Å². The fourth-order valence-corrected chi connectivity index (χ4v) is 3.00. The molecule has 2 atom stereocenters. The average molecular weight is 391 g/mol. The van der Waals surface area contributed by atoms with Gasteiger partial charge in [-0.25, -0.2) is 0 Å². The summed E-state index contributed by atoms with van der Waals surface area (Å²) in [5.41, 5.74) is 1.75. The molecule has 6 heteroatoms. The molecule has 0 spiro atoms. The van der Waals surface area contributed by atoms with Crippen LogP contribution in [-0.2, 0) is 19.7 Å². The molecule has 1 heterocycles. The quantitative estimate of drug-likeness (QED) is 0.636. The van der Waals surface area contributed by atoms with Crippen LogP contribution in [0.15, 0.2) is 24.3 Å². The van der Waals surface area contributed by atoms with Gasteiger partial charge >= 0.3 is 0 Å². The van der Waals surface area contributed by atoms with Crippen LogP contribution in [-0.4, -0.2) is 50.3 Å². The van der Waals surface area contributed by atoms with E-state index in [9.17, 15) is 9.59 Å². The molecular formula is C22H34N2O4. The van der Waals surface area contributed by atoms with Crippen LogP contribution >= 0.6 is 0 Å². The molecule has 2 unspecified atom stereocenters. The number of hydrogen-bond acceptors (Lipinski definition) is 4. The Morgan fingerprint density at radius 2 is 1.96 bits per heavy atom. The summed E-state index contributed by atoms with van der Waals surface area (Å²) in [5.74, 6) is -0.443. The lowest BCUT2D eigenvalue weighted by molar-refractivity contribution is -0.122. The van der Waals surface area contributed by atoms with Gasteiger partial charge in [0, 0.05) is 25.3 Å². The Kier molecular flexibility index (Phi) is 8.45. The molecule has 1 fully saturated rings. The van der Waals surface area contributed by atoms with Crippen molar-refractivity contribution in [1.82, 2.24) is 10.6 Å². The molecule has 0 bridgehead atoms. The van der Waals surface area contributed by atoms with Gasteiger partial charge in [-0.05, 0) is 49.3 Å². The second-order valence-corrected chi connectivity index (χ2v) is 8.38. The first kappa shape index (κ1) is 22.4. The Balaban J connectivity index is 1.64. The van der Waals surface area contributed by atoms with Crippen molar-refractivity contribution in [3.8, 4) is 0 Å². The van der Waals surface area contributed by atoms with Gasteiger partial charge in [-0.3, -0.25) is 9.59 Å². The third-order valence-corrected chi connectivity index (χ3v) is 4.85. The number of nitrogens with one attached hydrogen (secondary N) is 2. The molecule has 6 nitrogen and oxygen atoms in total. The Morgan fingerprint density at radius 3 is 2.57 bits per heavy atom. The van der Waals surface area contributed by atoms with Gasteiger partial charge in [0.2, 0.25) is 5.91 Å². The van der Waals surface area contributed by atoms with Gasteiger partial charge in [-0.1, -0.05) is 32.9 Å². The molecule has 156 valence electrons. The van der Waals surface area contributed by atoms with E-state index >= 15 is 0 Å². The minimum atomic E-state index is -0.595. The van der Waals surface area contributed by atoms with Gasteiger partial charge in [-0.2, -0.15) is 0 Å². The zero-order chi connectivity index (χ0) is 20.6. The molecule has 0 aliphatic carbocycles. The fourth-order valence-electron chi connectivity index (χ4n) is 3.00. The lowest BCUT2D eigenvalue weighted by atomic mass is 9.86. The molecule has 2 rings (SSSR count). The van der Waals surface area contributed by atoms with E-state index in [2.05, 4.69) is 31.4 Å². The number of benzene rings is 1. The van der Waals surface area contributed by atoms with Crippen molar-refractivity contribution in [2.24, 2.45) is 0 Å². The standard InChI is InChI=1S/C22H34N2O4/c1-16(20(25)23-12-6-13-27-15-19-7-5-14-28-19)24-21(26)17-8-10-18(11-9-17)22(2,3)4/h8-11,16,19H,5-7,12-15H2,1-4H3,(H,23,25)(H,24,26). The molecule has 0 saturated carbocycles. The van der Waals surface area contributed by atoms with Crippen LogP contribution in [0.4, 0.5) is 0 Å². The predicted octanol–water partition coefficient (Wildman–Crippen LogP) is 2.80. The number of carbonyl (C=O) groups is 2. The first-order chi connectivity index (χ1) is 13.3. The Bertz CT molecular complexity index is 631. The molecule has 1 aliphatic heterocycles. The monoisotopic (exact) mass is 390 g/mol. The molecule has 1 aromatic carbocycles. The number of amides is 2. The summed E-state index contributed by atoms with van der Waals surface area (Å²) in [6.45, 7) is 10.6. The molecular weight excluding hydrogens is 356 g/mol. The zero-order valence-electron chi connectivity index (χ0n) is 17.5. The third-order valence-electron chi connectivity index (χ3n) is 4.85. The largest absolute Gasteiger partial charge is 0.379 e. The maximum Gasteiger partial charge on any atom is 0.251 e. The van der Waals surface area contributed by atoms with Crippen LogP contribution in [0.1, 0.15) is 62.9 Å². The van der Waals surface area contributed by atoms with Gasteiger partial charge in [0.05, 0.1) is 12.7 Å². The van der Waals surface area contributed by atoms with Crippen LogP contribution in [0.25, 0.3) is 0 Å². The predicted molar refractivity (Wildman–Crippen MR) is 109 cm³/mol. The van der Waals surface area contributed by atoms with Gasteiger partial charge < -0.3 is 20.1 Å². The molecule has 1 aliphatic rings. The number of hydrogen-bond donors (Lipinski definition) is 2. The van der Waals surface area contributed by atoms with Crippen LogP contribution in [0.5, 0.6) is 0 Å². The summed E-state index contributed by atoms with van der Waals surface area (Å²) in [6.07, 6.45) is 3.12. The second-order valence-electron chi connectivity index (χ2n) is 8.38. The summed E-state index contributed by atoms with van der Waals surface area (Å²) >= 11 is 0. The van der Waals surface area contributed by atoms with E-state index < -0.39 is 6.04 Å². The van der Waals surface area contributed by atoms with Crippen molar-refractivity contribution >= 4 is 11.8 Å². The Morgan fingerprint density at radius 1 is 1.25 bits per heavy atom. The van der Waals surface area contributed by atoms with Gasteiger partial charge in [-0.15, -0.1) is 0 Å². The summed E-state index contributed by atoms with van der Waals surface area (Å²) in [7, 11) is 0. The van der Waals surface area contributed by atoms with E-state index in [1.54, 1.807) is 19.1 Å². The fraction of sp³-hybridized carbons (Fsp3) is 0.636. The average Bonchev–Trinajstić information content (AvgIpc) is 3.17. The van der Waals surface area contributed by atoms with Crippen LogP contribution in [0.3, 0.4) is 0 Å². The third kappa shape index (κ3) is 7.24. The second kappa shape index (κ2) is 10.6. The minimum Gasteiger partial charge on any atom is -0.379 e. The van der Waals surface area contributed by atoms with Gasteiger partial charge in [0.1, 0.15) is 6.04 Å². The minimum absolute atomic E-state index is 0.0377. The first-order valence-corrected chi connectivity index (χ1v) is 10.2. The normalized spacial score (nSPS) is 17.9. The van der Waals surface area contributed by atoms with E-state index in [4.69, 9.17) is 9.47 Å². The van der Waals surface area contributed by atoms with Crippen LogP contribution in [0.2, 0.25) is 0 Å². The van der Waals surface area contributed by atoms with Crippen molar-refractivity contribution in [3.05, 3.63) is 35.4 Å². The summed E-state index contributed by atoms with van der Waals surface area (Å²) in [6, 6.07) is 6.91. The molecule has 0 aromatic heterocycles. The molecule has 2 amide bonds. The van der Waals surface area contributed by atoms with Gasteiger partial charge in [0.25, 0.3) is 5.91 Å². The number of ether oxygens (including phenoxy) is 2. The molecule has 1 saturated heterocycles. The van der Waals surface area contributed by atoms with Crippen molar-refractivity contribution in [1.29, 1.82) is 0 Å². The first-order valence-electron chi connectivity index (χ1n) is 10.2. The highest BCUT2D eigenvalue weighted by Crippen LogP contribution is 2.22. The lowest BCUT2D eigenvalue weighted by Crippen LogP contribution is -2.45. The molecule has 1 aromatic rings. The van der Waals surface area contributed by atoms with E-state index in [-0.39, 0.29) is 23.3 Å². The number of carbonyl (C=O) groups excluding carboxylic acids is 2. The van der Waals surface area contributed by atoms with Gasteiger partial charge in [0.15, 0.2) is 0 Å². The topological polar surface area (TPSA) is 76.7 Å². The highest BCUT2D eigenvalue weighted by Gasteiger charge is 2.18. The molecule has 28 heavy (non-hydrogen) atoms. The maximum absolute atomic E-state index is 12.3. The summed E-state index contributed by atoms with van der Waals surface area (Å²) in [5, 5.41) is 5.58.